The van der Waals surface area contributed by atoms with Crippen LogP contribution in [0.5, 0.6) is 0 Å². The van der Waals surface area contributed by atoms with Gasteiger partial charge in [-0.3, -0.25) is 0 Å². The summed E-state index contributed by atoms with van der Waals surface area (Å²) in [6.45, 7) is 0.833. The summed E-state index contributed by atoms with van der Waals surface area (Å²) in [5.74, 6) is 0.810. The molecule has 1 aromatic carbocycles. The molecular formula is C13H13BrN2O2. The number of aliphatic hydroxyl groups excluding tert-OH is 2. The average molecular weight is 309 g/mol. The van der Waals surface area contributed by atoms with Crippen molar-refractivity contribution >= 4 is 32.5 Å². The lowest BCUT2D eigenvalue weighted by Crippen LogP contribution is -2.22. The van der Waals surface area contributed by atoms with Crippen LogP contribution in [0.3, 0.4) is 0 Å². The number of hydrogen-bond acceptors (Lipinski definition) is 4. The van der Waals surface area contributed by atoms with Crippen molar-refractivity contribution in [3.05, 3.63) is 34.9 Å². The molecule has 2 N–H and O–H groups in total. The summed E-state index contributed by atoms with van der Waals surface area (Å²) in [6.07, 6.45) is 0.350. The van der Waals surface area contributed by atoms with E-state index in [2.05, 4.69) is 20.9 Å². The normalized spacial score (nSPS) is 23.8. The van der Waals surface area contributed by atoms with E-state index in [1.54, 1.807) is 6.20 Å². The third-order valence-electron chi connectivity index (χ3n) is 3.29. The second-order valence-corrected chi connectivity index (χ2v) is 5.36. The zero-order valence-corrected chi connectivity index (χ0v) is 11.2. The van der Waals surface area contributed by atoms with Crippen LogP contribution in [-0.4, -0.2) is 40.5 Å². The van der Waals surface area contributed by atoms with Crippen LogP contribution in [-0.2, 0) is 0 Å². The van der Waals surface area contributed by atoms with E-state index in [4.69, 9.17) is 0 Å². The van der Waals surface area contributed by atoms with Crippen molar-refractivity contribution in [1.82, 2.24) is 4.98 Å². The molecule has 5 heteroatoms. The van der Waals surface area contributed by atoms with Gasteiger partial charge in [-0.2, -0.15) is 0 Å². The molecule has 1 fully saturated rings. The predicted molar refractivity (Wildman–Crippen MR) is 73.7 cm³/mol. The number of hydrogen-bond donors (Lipinski definition) is 2. The molecule has 2 aromatic rings. The minimum Gasteiger partial charge on any atom is -0.389 e. The highest BCUT2D eigenvalue weighted by atomic mass is 79.9. The molecule has 0 spiro atoms. The quantitative estimate of drug-likeness (QED) is 0.839. The Hall–Kier alpha value is -1.17. The van der Waals surface area contributed by atoms with E-state index in [0.29, 0.717) is 13.1 Å². The Morgan fingerprint density at radius 1 is 1.11 bits per heavy atom. The first-order valence-electron chi connectivity index (χ1n) is 5.81. The Labute approximate surface area is 113 Å². The second-order valence-electron chi connectivity index (χ2n) is 4.51. The minimum atomic E-state index is -0.700. The molecule has 0 saturated carbocycles. The van der Waals surface area contributed by atoms with Crippen LogP contribution in [0.1, 0.15) is 0 Å². The summed E-state index contributed by atoms with van der Waals surface area (Å²) in [5.41, 5.74) is 0. The lowest BCUT2D eigenvalue weighted by molar-refractivity contribution is 0.0572. The fourth-order valence-electron chi connectivity index (χ4n) is 2.35. The molecule has 18 heavy (non-hydrogen) atoms. The van der Waals surface area contributed by atoms with E-state index in [-0.39, 0.29) is 0 Å². The fraction of sp³-hybridized carbons (Fsp3) is 0.308. The number of fused-ring (bicyclic) bond motifs is 1. The van der Waals surface area contributed by atoms with E-state index in [9.17, 15) is 10.2 Å². The predicted octanol–water partition coefficient (Wildman–Crippen LogP) is 1.54. The number of anilines is 1. The number of aromatic nitrogens is 1. The zero-order valence-electron chi connectivity index (χ0n) is 9.62. The van der Waals surface area contributed by atoms with Crippen LogP contribution in [0.4, 0.5) is 5.82 Å². The molecule has 0 radical (unpaired) electrons. The first-order chi connectivity index (χ1) is 8.66. The Bertz CT molecular complexity index is 580. The Morgan fingerprint density at radius 2 is 1.83 bits per heavy atom. The largest absolute Gasteiger partial charge is 0.389 e. The Balaban J connectivity index is 2.10. The van der Waals surface area contributed by atoms with E-state index in [1.165, 1.54) is 0 Å². The molecule has 1 saturated heterocycles. The minimum absolute atomic E-state index is 0.416. The smallest absolute Gasteiger partial charge is 0.136 e. The highest BCUT2D eigenvalue weighted by molar-refractivity contribution is 9.10. The van der Waals surface area contributed by atoms with Crippen molar-refractivity contribution in [1.29, 1.82) is 0 Å². The van der Waals surface area contributed by atoms with Gasteiger partial charge < -0.3 is 15.1 Å². The van der Waals surface area contributed by atoms with Crippen molar-refractivity contribution in [3.8, 4) is 0 Å². The molecular weight excluding hydrogens is 296 g/mol. The maximum absolute atomic E-state index is 9.63. The van der Waals surface area contributed by atoms with Gasteiger partial charge in [0, 0.05) is 34.5 Å². The van der Waals surface area contributed by atoms with Crippen molar-refractivity contribution in [2.75, 3.05) is 18.0 Å². The summed E-state index contributed by atoms with van der Waals surface area (Å²) < 4.78 is 1.02. The number of benzene rings is 1. The van der Waals surface area contributed by atoms with E-state index in [1.807, 2.05) is 29.2 Å². The molecule has 0 bridgehead atoms. The molecule has 94 valence electrons. The van der Waals surface area contributed by atoms with Crippen LogP contribution in [0.15, 0.2) is 34.9 Å². The number of β-amino-alcohol motifs (C(OH)–C–C–N with tert-alkyl or cyclic N) is 2. The molecule has 0 aliphatic carbocycles. The third-order valence-corrected chi connectivity index (χ3v) is 3.98. The van der Waals surface area contributed by atoms with Gasteiger partial charge in [0.2, 0.25) is 0 Å². The molecule has 0 amide bonds. The molecule has 1 aliphatic rings. The van der Waals surface area contributed by atoms with Gasteiger partial charge >= 0.3 is 0 Å². The molecule has 2 heterocycles. The van der Waals surface area contributed by atoms with Crippen LogP contribution < -0.4 is 4.90 Å². The summed E-state index contributed by atoms with van der Waals surface area (Å²) in [7, 11) is 0. The molecule has 4 nitrogen and oxygen atoms in total. The SMILES string of the molecule is OC1CN(c2nccc3c(Br)cccc23)CC1O. The monoisotopic (exact) mass is 308 g/mol. The number of nitrogens with zero attached hydrogens (tertiary/aromatic N) is 2. The van der Waals surface area contributed by atoms with Gasteiger partial charge in [0.15, 0.2) is 0 Å². The van der Waals surface area contributed by atoms with Crippen molar-refractivity contribution in [3.63, 3.8) is 0 Å². The summed E-state index contributed by atoms with van der Waals surface area (Å²) in [4.78, 5) is 6.30. The molecule has 2 unspecified atom stereocenters. The Morgan fingerprint density at radius 3 is 2.56 bits per heavy atom. The van der Waals surface area contributed by atoms with Crippen molar-refractivity contribution in [2.24, 2.45) is 0 Å². The summed E-state index contributed by atoms with van der Waals surface area (Å²) in [6, 6.07) is 7.89. The number of rotatable bonds is 1. The highest BCUT2D eigenvalue weighted by Gasteiger charge is 2.31. The van der Waals surface area contributed by atoms with Gasteiger partial charge in [0.1, 0.15) is 5.82 Å². The second kappa shape index (κ2) is 4.50. The maximum Gasteiger partial charge on any atom is 0.136 e. The average Bonchev–Trinajstić information content (AvgIpc) is 2.69. The molecule has 3 rings (SSSR count). The van der Waals surface area contributed by atoms with Gasteiger partial charge in [-0.25, -0.2) is 4.98 Å². The summed E-state index contributed by atoms with van der Waals surface area (Å²) >= 11 is 3.52. The zero-order chi connectivity index (χ0) is 12.7. The van der Waals surface area contributed by atoms with Crippen LogP contribution in [0.2, 0.25) is 0 Å². The van der Waals surface area contributed by atoms with Gasteiger partial charge in [-0.1, -0.05) is 28.1 Å². The maximum atomic E-state index is 9.63. The first-order valence-corrected chi connectivity index (χ1v) is 6.60. The van der Waals surface area contributed by atoms with E-state index in [0.717, 1.165) is 21.1 Å². The molecule has 2 atom stereocenters. The van der Waals surface area contributed by atoms with Crippen molar-refractivity contribution < 1.29 is 10.2 Å². The third kappa shape index (κ3) is 1.88. The van der Waals surface area contributed by atoms with Crippen LogP contribution >= 0.6 is 15.9 Å². The molecule has 1 aromatic heterocycles. The fourth-order valence-corrected chi connectivity index (χ4v) is 2.85. The van der Waals surface area contributed by atoms with E-state index < -0.39 is 12.2 Å². The van der Waals surface area contributed by atoms with Gasteiger partial charge in [-0.15, -0.1) is 0 Å². The van der Waals surface area contributed by atoms with E-state index >= 15 is 0 Å². The Kier molecular flexibility index (Phi) is 2.97. The van der Waals surface area contributed by atoms with Crippen LogP contribution in [0, 0.1) is 0 Å². The van der Waals surface area contributed by atoms with Crippen molar-refractivity contribution in [2.45, 2.75) is 12.2 Å². The molecule has 1 aliphatic heterocycles. The number of pyridine rings is 1. The lowest BCUT2D eigenvalue weighted by atomic mass is 10.1. The van der Waals surface area contributed by atoms with Gasteiger partial charge in [0.05, 0.1) is 12.2 Å². The van der Waals surface area contributed by atoms with Crippen LogP contribution in [0.25, 0.3) is 10.8 Å². The number of aliphatic hydroxyl groups is 2. The highest BCUT2D eigenvalue weighted by Crippen LogP contribution is 2.31. The lowest BCUT2D eigenvalue weighted by Gasteiger charge is -2.18. The first kappa shape index (κ1) is 11.9. The number of halogens is 1. The standard InChI is InChI=1S/C13H13BrN2O2/c14-10-3-1-2-9-8(10)4-5-15-13(9)16-6-11(17)12(18)7-16/h1-5,11-12,17-18H,6-7H2. The van der Waals surface area contributed by atoms with Gasteiger partial charge in [0.25, 0.3) is 0 Å². The summed E-state index contributed by atoms with van der Waals surface area (Å²) in [5, 5.41) is 21.4. The van der Waals surface area contributed by atoms with Gasteiger partial charge in [-0.05, 0) is 12.1 Å². The topological polar surface area (TPSA) is 56.6 Å².